The molecule has 5 fully saturated rings. The zero-order valence-electron chi connectivity index (χ0n) is 48.4. The second kappa shape index (κ2) is 33.0. The third-order valence-corrected chi connectivity index (χ3v) is 16.8. The van der Waals surface area contributed by atoms with Crippen LogP contribution in [-0.4, -0.2) is 344 Å². The number of methoxy groups -OCH3 is 4. The van der Waals surface area contributed by atoms with E-state index in [9.17, 15) is 139 Å². The van der Waals surface area contributed by atoms with Crippen LogP contribution in [0.15, 0.2) is 0 Å². The van der Waals surface area contributed by atoms with Crippen molar-refractivity contribution in [3.8, 4) is 0 Å². The molecule has 53 nitrogen and oxygen atoms in total. The number of carboxylic acids is 2. The summed E-state index contributed by atoms with van der Waals surface area (Å²) in [5, 5.41) is 42.0. The number of hydrogen-bond donors (Lipinski definition) is 12. The molecule has 0 aromatic carbocycles. The van der Waals surface area contributed by atoms with Crippen molar-refractivity contribution < 1.29 is 238 Å². The number of carboxylic acid groups (broad SMARTS) is 2. The SMILES string of the molecule is CO[C@@H]1[C@@H](OS(=O)(=O)O)[C@H](O[C@H]2[C@H](OS(=O)(=O)O)[C@@H](OS(=O)(=O)O)[C@@H](O[C@H]3[C@H](OC(C)=O)[C@@H](OS(=O)(=O)O)[C@H](O[C@H]4[C@H](OS(=O)(=O)O)[C@@H](OS(=O)(=O)O)C(O)O[C@@H]4CO)O[C@H]3C(=O)O)O[C@@H]2COS(=O)(=O)O)O[C@H](C(=O)O)[C@H]1O[C@H]1O[C@H](COS(=O)(=O)O)[C@@H](OC)[C@H](OC)[C@H]1OC. The van der Waals surface area contributed by atoms with Crippen LogP contribution in [0, 0.1) is 0 Å². The highest BCUT2D eigenvalue weighted by Crippen LogP contribution is 2.42. The lowest BCUT2D eigenvalue weighted by Crippen LogP contribution is -2.70. The summed E-state index contributed by atoms with van der Waals surface area (Å²) in [7, 11) is -45.1. The van der Waals surface area contributed by atoms with Gasteiger partial charge in [-0.3, -0.25) is 41.2 Å². The van der Waals surface area contributed by atoms with Crippen molar-refractivity contribution in [2.75, 3.05) is 48.3 Å². The number of aliphatic carboxylic acids is 2. The van der Waals surface area contributed by atoms with Gasteiger partial charge in [0.2, 0.25) is 0 Å². The van der Waals surface area contributed by atoms with E-state index in [1.54, 1.807) is 0 Å². The molecule has 0 saturated carbocycles. The summed E-state index contributed by atoms with van der Waals surface area (Å²) >= 11 is 0. The maximum absolute atomic E-state index is 13.3. The number of esters is 1. The summed E-state index contributed by atoms with van der Waals surface area (Å²) in [5.74, 6) is -6.68. The Morgan fingerprint density at radius 2 is 0.629 bits per heavy atom. The molecule has 5 saturated heterocycles. The first-order chi connectivity index (χ1) is 44.2. The van der Waals surface area contributed by atoms with Gasteiger partial charge in [0, 0.05) is 35.4 Å². The lowest BCUT2D eigenvalue weighted by atomic mass is 9.95. The van der Waals surface area contributed by atoms with Crippen LogP contribution in [0.25, 0.3) is 0 Å². The van der Waals surface area contributed by atoms with Gasteiger partial charge in [0.15, 0.2) is 74.2 Å². The van der Waals surface area contributed by atoms with Gasteiger partial charge in [-0.2, -0.15) is 67.3 Å². The van der Waals surface area contributed by atoms with E-state index in [0.29, 0.717) is 14.0 Å². The summed E-state index contributed by atoms with van der Waals surface area (Å²) in [6, 6.07) is 0. The molecule has 0 bridgehead atoms. The van der Waals surface area contributed by atoms with Crippen molar-refractivity contribution in [1.29, 1.82) is 0 Å². The average Bonchev–Trinajstić information content (AvgIpc) is 0.758. The molecule has 0 spiro atoms. The minimum Gasteiger partial charge on any atom is -0.479 e. The fourth-order valence-electron chi connectivity index (χ4n) is 9.94. The van der Waals surface area contributed by atoms with Gasteiger partial charge in [-0.25, -0.2) is 43.1 Å². The molecule has 0 aliphatic carbocycles. The van der Waals surface area contributed by atoms with Gasteiger partial charge < -0.3 is 86.7 Å². The summed E-state index contributed by atoms with van der Waals surface area (Å²) in [4.78, 5) is 39.5. The Morgan fingerprint density at radius 3 is 0.979 bits per heavy atom. The fraction of sp³-hybridized carbons (Fsp3) is 0.917. The van der Waals surface area contributed by atoms with Crippen molar-refractivity contribution in [3.63, 3.8) is 0 Å². The highest BCUT2D eigenvalue weighted by molar-refractivity contribution is 7.82. The Morgan fingerprint density at radius 1 is 0.340 bits per heavy atom. The number of carbonyl (C=O) groups excluding carboxylic acids is 1. The van der Waals surface area contributed by atoms with Crippen molar-refractivity contribution in [2.24, 2.45) is 0 Å². The number of carbonyl (C=O) groups is 3. The van der Waals surface area contributed by atoms with Gasteiger partial charge in [-0.05, 0) is 0 Å². The molecule has 0 amide bonds. The van der Waals surface area contributed by atoms with E-state index in [1.165, 1.54) is 0 Å². The quantitative estimate of drug-likeness (QED) is 0.0210. The van der Waals surface area contributed by atoms with E-state index in [4.69, 9.17) is 70.5 Å². The molecule has 25 atom stereocenters. The van der Waals surface area contributed by atoms with Crippen LogP contribution in [0.1, 0.15) is 6.92 Å². The van der Waals surface area contributed by atoms with E-state index >= 15 is 0 Å². The van der Waals surface area contributed by atoms with E-state index in [1.807, 2.05) is 0 Å². The number of aliphatic hydroxyl groups excluding tert-OH is 2. The summed E-state index contributed by atoms with van der Waals surface area (Å²) < 4.78 is 387. The molecule has 5 aliphatic rings. The molecule has 0 radical (unpaired) electrons. The minimum atomic E-state index is -6.48. The first kappa shape index (κ1) is 84.4. The van der Waals surface area contributed by atoms with Gasteiger partial charge in [0.25, 0.3) is 0 Å². The van der Waals surface area contributed by atoms with Crippen LogP contribution < -0.4 is 0 Å². The normalized spacial score (nSPS) is 36.9. The first-order valence-electron chi connectivity index (χ1n) is 25.3. The van der Waals surface area contributed by atoms with Crippen LogP contribution in [0.5, 0.6) is 0 Å². The van der Waals surface area contributed by atoms with E-state index in [2.05, 4.69) is 29.3 Å². The third kappa shape index (κ3) is 24.5. The van der Waals surface area contributed by atoms with E-state index in [0.717, 1.165) is 21.3 Å². The molecule has 61 heteroatoms. The Hall–Kier alpha value is -3.23. The molecule has 97 heavy (non-hydrogen) atoms. The van der Waals surface area contributed by atoms with E-state index in [-0.39, 0.29) is 0 Å². The van der Waals surface area contributed by atoms with Crippen molar-refractivity contribution in [3.05, 3.63) is 0 Å². The van der Waals surface area contributed by atoms with Crippen LogP contribution in [-0.2, 0) is 197 Å². The number of aliphatic hydroxyl groups is 2. The van der Waals surface area contributed by atoms with Crippen LogP contribution in [0.3, 0.4) is 0 Å². The number of hydrogen-bond acceptors (Lipinski definition) is 43. The Labute approximate surface area is 545 Å². The molecule has 12 N–H and O–H groups in total. The first-order valence-corrected chi connectivity index (χ1v) is 36.2. The fourth-order valence-corrected chi connectivity index (χ4v) is 13.5. The maximum Gasteiger partial charge on any atom is 0.397 e. The van der Waals surface area contributed by atoms with Gasteiger partial charge in [0.05, 0.1) is 19.8 Å². The second-order valence-corrected chi connectivity index (χ2v) is 28.0. The Kier molecular flexibility index (Phi) is 28.8. The molecule has 568 valence electrons. The monoisotopic (exact) mass is 1590 g/mol. The molecule has 5 heterocycles. The van der Waals surface area contributed by atoms with Crippen molar-refractivity contribution >= 4 is 101 Å². The van der Waals surface area contributed by atoms with Crippen LogP contribution >= 0.6 is 0 Å². The second-order valence-electron chi connectivity index (χ2n) is 19.5. The zero-order chi connectivity index (χ0) is 73.8. The third-order valence-electron chi connectivity index (χ3n) is 13.2. The van der Waals surface area contributed by atoms with Crippen LogP contribution in [0.2, 0.25) is 0 Å². The molecule has 0 aromatic rings. The summed E-state index contributed by atoms with van der Waals surface area (Å²) in [6.45, 7) is -4.49. The lowest BCUT2D eigenvalue weighted by molar-refractivity contribution is -0.383. The largest absolute Gasteiger partial charge is 0.479 e. The number of ether oxygens (including phenoxy) is 14. The summed E-state index contributed by atoms with van der Waals surface area (Å²) in [6.07, 6.45) is -70.3. The Balaban J connectivity index is 1.73. The summed E-state index contributed by atoms with van der Waals surface area (Å²) in [5.41, 5.74) is 0. The highest BCUT2D eigenvalue weighted by atomic mass is 32.3. The predicted molar refractivity (Wildman–Crippen MR) is 280 cm³/mol. The predicted octanol–water partition coefficient (Wildman–Crippen LogP) is -9.94. The van der Waals surface area contributed by atoms with Gasteiger partial charge in [0.1, 0.15) is 79.4 Å². The molecule has 1 unspecified atom stereocenters. The average molecular weight is 1600 g/mol. The standard InChI is InChI=1S/C36H58O53S8/c1-9(38)74-20-19(24(31(41)42)83-36(28(20)88-96(62,63)64)78-14-10(6-37)75-32(43)25(86-94(56,57)58)21(14)84-92(50,51)52)81-34-29(89-97(65,66)67)22(85-93(53,54)55)15(12(77-34)8-73-91(47,48)49)79-35-27(87-95(59,60)61)17(70-4)18(23(82-35)30(39)40)80-33-26(71-5)16(69-3)13(68-2)11(76-33)7-72-90(44,45)46/h10-29,32-37,43H,6-8H2,1-5H3,(H,39,40)(H,41,42)(H,44,45,46)(H,47,48,49)(H,50,51,52)(H,53,54,55)(H,56,57,58)(H,59,60,61)(H,62,63,64)(H,65,66,67)/t10-,11-,12-,13-,14-,15-,16+,17+,18+,19+,20+,21+,22+,23+,24-,25-,26-,27-,28-,29-,32?,33-,34-,35-,36-/m1/s1. The smallest absolute Gasteiger partial charge is 0.397 e. The molecule has 5 rings (SSSR count). The van der Waals surface area contributed by atoms with Crippen molar-refractivity contribution in [2.45, 2.75) is 160 Å². The topological polar surface area (TPSA) is 770 Å². The van der Waals surface area contributed by atoms with Gasteiger partial charge >= 0.3 is 101 Å². The molecular formula is C36H58O53S8. The highest BCUT2D eigenvalue weighted by Gasteiger charge is 2.64. The lowest BCUT2D eigenvalue weighted by Gasteiger charge is -2.50. The zero-order valence-corrected chi connectivity index (χ0v) is 55.0. The van der Waals surface area contributed by atoms with Gasteiger partial charge in [-0.1, -0.05) is 0 Å². The maximum atomic E-state index is 13.3. The molecular weight excluding hydrogens is 1540 g/mol. The molecule has 0 aromatic heterocycles. The minimum absolute atomic E-state index is 0.370. The van der Waals surface area contributed by atoms with E-state index < -0.39 is 274 Å². The number of rotatable bonds is 34. The molecule has 5 aliphatic heterocycles. The Bertz CT molecular complexity index is 3660. The van der Waals surface area contributed by atoms with Gasteiger partial charge in [-0.15, -0.1) is 0 Å². The van der Waals surface area contributed by atoms with Crippen LogP contribution in [0.4, 0.5) is 0 Å². The van der Waals surface area contributed by atoms with Crippen molar-refractivity contribution in [1.82, 2.24) is 0 Å².